The van der Waals surface area contributed by atoms with Crippen LogP contribution < -0.4 is 16.0 Å². The number of carbonyl (C=O) groups excluding carboxylic acids is 1. The monoisotopic (exact) mass is 440 g/mol. The van der Waals surface area contributed by atoms with Crippen molar-refractivity contribution in [1.82, 2.24) is 26.1 Å². The second-order valence-corrected chi connectivity index (χ2v) is 7.11. The molecular formula is C22H25ClN6O2. The van der Waals surface area contributed by atoms with Crippen LogP contribution >= 0.6 is 11.6 Å². The van der Waals surface area contributed by atoms with E-state index >= 15 is 0 Å². The van der Waals surface area contributed by atoms with E-state index in [9.17, 15) is 4.79 Å². The summed E-state index contributed by atoms with van der Waals surface area (Å²) in [5, 5.41) is 13.7. The molecule has 0 fully saturated rings. The van der Waals surface area contributed by atoms with E-state index in [1.807, 2.05) is 37.3 Å². The van der Waals surface area contributed by atoms with Crippen LogP contribution in [-0.2, 0) is 13.0 Å². The Bertz CT molecular complexity index is 1050. The molecule has 0 bridgehead atoms. The Hall–Kier alpha value is -3.39. The first-order valence-electron chi connectivity index (χ1n) is 10.0. The molecule has 0 aliphatic rings. The van der Waals surface area contributed by atoms with E-state index in [4.69, 9.17) is 16.1 Å². The van der Waals surface area contributed by atoms with E-state index in [0.717, 1.165) is 24.1 Å². The SMILES string of the molecule is CCNC(=NCc1nc(-c2cccc(Cl)c2)no1)NCCc1cccc(C(=O)NC)c1. The number of guanidine groups is 1. The minimum absolute atomic E-state index is 0.0959. The Balaban J connectivity index is 1.58. The van der Waals surface area contributed by atoms with Crippen LogP contribution in [0.5, 0.6) is 0 Å². The van der Waals surface area contributed by atoms with Crippen LogP contribution in [0.4, 0.5) is 0 Å². The Labute approximate surface area is 186 Å². The van der Waals surface area contributed by atoms with Crippen LogP contribution in [0.25, 0.3) is 11.4 Å². The highest BCUT2D eigenvalue weighted by Gasteiger charge is 2.09. The van der Waals surface area contributed by atoms with Crippen molar-refractivity contribution in [2.45, 2.75) is 19.9 Å². The lowest BCUT2D eigenvalue weighted by molar-refractivity contribution is 0.0963. The molecule has 3 aromatic rings. The highest BCUT2D eigenvalue weighted by molar-refractivity contribution is 6.30. The molecule has 0 aliphatic carbocycles. The molecule has 3 rings (SSSR count). The number of hydrogen-bond acceptors (Lipinski definition) is 5. The number of benzene rings is 2. The summed E-state index contributed by atoms with van der Waals surface area (Å²) in [6.45, 7) is 3.61. The third-order valence-corrected chi connectivity index (χ3v) is 4.63. The second kappa shape index (κ2) is 11.1. The van der Waals surface area contributed by atoms with Crippen molar-refractivity contribution in [3.05, 3.63) is 70.6 Å². The highest BCUT2D eigenvalue weighted by Crippen LogP contribution is 2.20. The van der Waals surface area contributed by atoms with Crippen molar-refractivity contribution in [1.29, 1.82) is 0 Å². The molecule has 2 aromatic carbocycles. The molecule has 1 aromatic heterocycles. The molecular weight excluding hydrogens is 416 g/mol. The van der Waals surface area contributed by atoms with Gasteiger partial charge >= 0.3 is 0 Å². The summed E-state index contributed by atoms with van der Waals surface area (Å²) in [5.74, 6) is 1.43. The van der Waals surface area contributed by atoms with Crippen LogP contribution in [-0.4, -0.2) is 42.1 Å². The average Bonchev–Trinajstić information content (AvgIpc) is 3.26. The second-order valence-electron chi connectivity index (χ2n) is 6.67. The Kier molecular flexibility index (Phi) is 8.00. The van der Waals surface area contributed by atoms with Gasteiger partial charge in [-0.2, -0.15) is 4.98 Å². The fourth-order valence-electron chi connectivity index (χ4n) is 2.89. The Morgan fingerprint density at radius 1 is 1.16 bits per heavy atom. The number of nitrogens with one attached hydrogen (secondary N) is 3. The summed E-state index contributed by atoms with van der Waals surface area (Å²) in [4.78, 5) is 20.7. The van der Waals surface area contributed by atoms with Gasteiger partial charge in [0.15, 0.2) is 5.96 Å². The minimum atomic E-state index is -0.0959. The molecule has 0 saturated heterocycles. The standard InChI is InChI=1S/C22H25ClN6O2/c1-3-25-22(26-11-10-15-6-4-8-17(12-15)21(30)24-2)27-14-19-28-20(29-31-19)16-7-5-9-18(23)13-16/h4-9,12-13H,3,10-11,14H2,1-2H3,(H,24,30)(H2,25,26,27). The van der Waals surface area contributed by atoms with Crippen LogP contribution in [0.3, 0.4) is 0 Å². The van der Waals surface area contributed by atoms with Crippen LogP contribution in [0.1, 0.15) is 28.7 Å². The highest BCUT2D eigenvalue weighted by atomic mass is 35.5. The summed E-state index contributed by atoms with van der Waals surface area (Å²) in [7, 11) is 1.62. The van der Waals surface area contributed by atoms with Gasteiger partial charge < -0.3 is 20.5 Å². The summed E-state index contributed by atoms with van der Waals surface area (Å²) in [6, 6.07) is 14.8. The summed E-state index contributed by atoms with van der Waals surface area (Å²) < 4.78 is 5.30. The van der Waals surface area contributed by atoms with Crippen molar-refractivity contribution in [3.8, 4) is 11.4 Å². The fourth-order valence-corrected chi connectivity index (χ4v) is 3.08. The fraction of sp³-hybridized carbons (Fsp3) is 0.273. The maximum absolute atomic E-state index is 11.8. The minimum Gasteiger partial charge on any atom is -0.357 e. The lowest BCUT2D eigenvalue weighted by Crippen LogP contribution is -2.38. The van der Waals surface area contributed by atoms with E-state index < -0.39 is 0 Å². The van der Waals surface area contributed by atoms with E-state index in [1.165, 1.54) is 0 Å². The molecule has 8 nitrogen and oxygen atoms in total. The van der Waals surface area contributed by atoms with Gasteiger partial charge in [-0.3, -0.25) is 4.79 Å². The number of nitrogens with zero attached hydrogens (tertiary/aromatic N) is 3. The zero-order valence-corrected chi connectivity index (χ0v) is 18.2. The van der Waals surface area contributed by atoms with Crippen LogP contribution in [0.2, 0.25) is 5.02 Å². The zero-order chi connectivity index (χ0) is 22.1. The number of amides is 1. The van der Waals surface area contributed by atoms with Gasteiger partial charge in [0.05, 0.1) is 0 Å². The van der Waals surface area contributed by atoms with Gasteiger partial charge in [-0.05, 0) is 43.2 Å². The third-order valence-electron chi connectivity index (χ3n) is 4.39. The maximum Gasteiger partial charge on any atom is 0.251 e. The normalized spacial score (nSPS) is 11.3. The molecule has 9 heteroatoms. The summed E-state index contributed by atoms with van der Waals surface area (Å²) in [6.07, 6.45) is 0.745. The first kappa shape index (κ1) is 22.3. The van der Waals surface area contributed by atoms with Gasteiger partial charge in [0.1, 0.15) is 6.54 Å². The number of hydrogen-bond donors (Lipinski definition) is 3. The average molecular weight is 441 g/mol. The van der Waals surface area contributed by atoms with Gasteiger partial charge in [-0.15, -0.1) is 0 Å². The lowest BCUT2D eigenvalue weighted by atomic mass is 10.1. The lowest BCUT2D eigenvalue weighted by Gasteiger charge is -2.11. The summed E-state index contributed by atoms with van der Waals surface area (Å²) in [5.41, 5.74) is 2.50. The molecule has 31 heavy (non-hydrogen) atoms. The molecule has 1 heterocycles. The smallest absolute Gasteiger partial charge is 0.251 e. The molecule has 0 unspecified atom stereocenters. The number of carbonyl (C=O) groups is 1. The van der Waals surface area contributed by atoms with Gasteiger partial charge in [-0.25, -0.2) is 4.99 Å². The Morgan fingerprint density at radius 2 is 2.00 bits per heavy atom. The predicted octanol–water partition coefficient (Wildman–Crippen LogP) is 3.05. The quantitative estimate of drug-likeness (QED) is 0.367. The van der Waals surface area contributed by atoms with Gasteiger partial charge in [0, 0.05) is 36.3 Å². The third kappa shape index (κ3) is 6.55. The zero-order valence-electron chi connectivity index (χ0n) is 17.5. The molecule has 0 atom stereocenters. The predicted molar refractivity (Wildman–Crippen MR) is 121 cm³/mol. The van der Waals surface area contributed by atoms with Gasteiger partial charge in [0.25, 0.3) is 5.91 Å². The number of aliphatic imine (C=N–C) groups is 1. The molecule has 0 spiro atoms. The van der Waals surface area contributed by atoms with E-state index in [1.54, 1.807) is 25.2 Å². The summed E-state index contributed by atoms with van der Waals surface area (Å²) >= 11 is 6.02. The maximum atomic E-state index is 11.8. The van der Waals surface area contributed by atoms with Crippen LogP contribution in [0.15, 0.2) is 58.0 Å². The molecule has 0 radical (unpaired) electrons. The first-order valence-corrected chi connectivity index (χ1v) is 10.4. The first-order chi connectivity index (χ1) is 15.1. The molecule has 3 N–H and O–H groups in total. The van der Waals surface area contributed by atoms with Gasteiger partial charge in [0.2, 0.25) is 11.7 Å². The topological polar surface area (TPSA) is 104 Å². The van der Waals surface area contributed by atoms with E-state index in [-0.39, 0.29) is 12.5 Å². The van der Waals surface area contributed by atoms with Crippen molar-refractivity contribution in [3.63, 3.8) is 0 Å². The van der Waals surface area contributed by atoms with Crippen molar-refractivity contribution in [2.75, 3.05) is 20.1 Å². The van der Waals surface area contributed by atoms with E-state index in [0.29, 0.717) is 34.8 Å². The van der Waals surface area contributed by atoms with Crippen molar-refractivity contribution in [2.24, 2.45) is 4.99 Å². The number of rotatable bonds is 8. The van der Waals surface area contributed by atoms with Crippen molar-refractivity contribution >= 4 is 23.5 Å². The molecule has 162 valence electrons. The molecule has 0 aliphatic heterocycles. The largest absolute Gasteiger partial charge is 0.357 e. The molecule has 1 amide bonds. The van der Waals surface area contributed by atoms with Crippen molar-refractivity contribution < 1.29 is 9.32 Å². The van der Waals surface area contributed by atoms with E-state index in [2.05, 4.69) is 31.1 Å². The number of halogens is 1. The van der Waals surface area contributed by atoms with Gasteiger partial charge in [-0.1, -0.05) is 41.0 Å². The Morgan fingerprint density at radius 3 is 2.77 bits per heavy atom. The molecule has 0 saturated carbocycles. The van der Waals surface area contributed by atoms with Crippen LogP contribution in [0, 0.1) is 0 Å². The number of aromatic nitrogens is 2.